The Kier molecular flexibility index (Phi) is 5.02. The molecule has 0 spiro atoms. The van der Waals surface area contributed by atoms with Gasteiger partial charge in [0.2, 0.25) is 0 Å². The van der Waals surface area contributed by atoms with E-state index in [4.69, 9.17) is 9.47 Å². The maximum absolute atomic E-state index is 5.45. The van der Waals surface area contributed by atoms with E-state index in [0.717, 1.165) is 38.1 Å². The third-order valence-electron chi connectivity index (χ3n) is 3.33. The summed E-state index contributed by atoms with van der Waals surface area (Å²) in [6, 6.07) is 9.13. The lowest BCUT2D eigenvalue weighted by Crippen LogP contribution is -2.29. The van der Waals surface area contributed by atoms with E-state index < -0.39 is 0 Å². The van der Waals surface area contributed by atoms with Crippen molar-refractivity contribution in [3.63, 3.8) is 0 Å². The molecule has 1 fully saturated rings. The zero-order chi connectivity index (χ0) is 12.8. The number of methoxy groups -OCH3 is 1. The average Bonchev–Trinajstić information content (AvgIpc) is 3.23. The molecule has 0 atom stereocenters. The van der Waals surface area contributed by atoms with Gasteiger partial charge in [-0.05, 0) is 37.5 Å². The van der Waals surface area contributed by atoms with E-state index in [-0.39, 0.29) is 0 Å². The quantitative estimate of drug-likeness (QED) is 0.661. The second-order valence-electron chi connectivity index (χ2n) is 4.75. The number of hydrogen-bond acceptors (Lipinski definition) is 3. The van der Waals surface area contributed by atoms with Gasteiger partial charge in [-0.15, -0.1) is 0 Å². The molecule has 100 valence electrons. The van der Waals surface area contributed by atoms with Gasteiger partial charge in [-0.25, -0.2) is 0 Å². The topological polar surface area (TPSA) is 21.7 Å². The Labute approximate surface area is 110 Å². The number of hydrogen-bond donors (Lipinski definition) is 0. The second-order valence-corrected chi connectivity index (χ2v) is 4.75. The van der Waals surface area contributed by atoms with Crippen molar-refractivity contribution in [3.8, 4) is 5.75 Å². The highest BCUT2D eigenvalue weighted by Gasteiger charge is 2.28. The van der Waals surface area contributed by atoms with E-state index in [2.05, 4.69) is 17.0 Å². The smallest absolute Gasteiger partial charge is 0.118 e. The van der Waals surface area contributed by atoms with Crippen molar-refractivity contribution in [2.75, 3.05) is 26.9 Å². The Hall–Kier alpha value is -1.06. The zero-order valence-electron chi connectivity index (χ0n) is 11.4. The monoisotopic (exact) mass is 249 g/mol. The van der Waals surface area contributed by atoms with Gasteiger partial charge in [-0.2, -0.15) is 0 Å². The van der Waals surface area contributed by atoms with Crippen molar-refractivity contribution in [2.24, 2.45) is 0 Å². The molecule has 0 bridgehead atoms. The van der Waals surface area contributed by atoms with Gasteiger partial charge in [0.25, 0.3) is 0 Å². The van der Waals surface area contributed by atoms with Crippen LogP contribution in [0.5, 0.6) is 5.75 Å². The minimum Gasteiger partial charge on any atom is -0.497 e. The van der Waals surface area contributed by atoms with Gasteiger partial charge in [-0.3, -0.25) is 4.90 Å². The SMILES string of the molecule is CCOCCN(Cc1ccc(OC)cc1)C1CC1. The molecule has 1 aromatic rings. The summed E-state index contributed by atoms with van der Waals surface area (Å²) >= 11 is 0. The van der Waals surface area contributed by atoms with Gasteiger partial charge in [-0.1, -0.05) is 12.1 Å². The maximum Gasteiger partial charge on any atom is 0.118 e. The lowest BCUT2D eigenvalue weighted by Gasteiger charge is -2.22. The fourth-order valence-electron chi connectivity index (χ4n) is 2.12. The van der Waals surface area contributed by atoms with Crippen LogP contribution in [0.4, 0.5) is 0 Å². The summed E-state index contributed by atoms with van der Waals surface area (Å²) in [5, 5.41) is 0. The Bertz CT molecular complexity index is 346. The molecule has 0 aliphatic heterocycles. The summed E-state index contributed by atoms with van der Waals surface area (Å²) in [6.07, 6.45) is 2.67. The maximum atomic E-state index is 5.45. The van der Waals surface area contributed by atoms with Gasteiger partial charge < -0.3 is 9.47 Å². The largest absolute Gasteiger partial charge is 0.497 e. The van der Waals surface area contributed by atoms with Crippen LogP contribution >= 0.6 is 0 Å². The van der Waals surface area contributed by atoms with Gasteiger partial charge >= 0.3 is 0 Å². The molecule has 2 rings (SSSR count). The first-order valence-corrected chi connectivity index (χ1v) is 6.78. The van der Waals surface area contributed by atoms with E-state index in [9.17, 15) is 0 Å². The van der Waals surface area contributed by atoms with Crippen molar-refractivity contribution in [3.05, 3.63) is 29.8 Å². The zero-order valence-corrected chi connectivity index (χ0v) is 11.4. The summed E-state index contributed by atoms with van der Waals surface area (Å²) < 4.78 is 10.6. The fourth-order valence-corrected chi connectivity index (χ4v) is 2.12. The molecule has 1 aliphatic rings. The second kappa shape index (κ2) is 6.76. The molecule has 1 aromatic carbocycles. The summed E-state index contributed by atoms with van der Waals surface area (Å²) in [4.78, 5) is 2.53. The average molecular weight is 249 g/mol. The third kappa shape index (κ3) is 4.00. The van der Waals surface area contributed by atoms with Crippen molar-refractivity contribution in [1.29, 1.82) is 0 Å². The minimum absolute atomic E-state index is 0.771. The number of nitrogens with zero attached hydrogens (tertiary/aromatic N) is 1. The van der Waals surface area contributed by atoms with Gasteiger partial charge in [0, 0.05) is 25.7 Å². The number of benzene rings is 1. The van der Waals surface area contributed by atoms with Crippen LogP contribution in [0.25, 0.3) is 0 Å². The lowest BCUT2D eigenvalue weighted by molar-refractivity contribution is 0.107. The van der Waals surface area contributed by atoms with Gasteiger partial charge in [0.1, 0.15) is 5.75 Å². The van der Waals surface area contributed by atoms with Crippen LogP contribution in [0, 0.1) is 0 Å². The van der Waals surface area contributed by atoms with Crippen LogP contribution in [0.2, 0.25) is 0 Å². The third-order valence-corrected chi connectivity index (χ3v) is 3.33. The molecule has 18 heavy (non-hydrogen) atoms. The van der Waals surface area contributed by atoms with Crippen molar-refractivity contribution in [2.45, 2.75) is 32.4 Å². The van der Waals surface area contributed by atoms with Crippen molar-refractivity contribution >= 4 is 0 Å². The first kappa shape index (κ1) is 13.4. The van der Waals surface area contributed by atoms with E-state index in [1.165, 1.54) is 18.4 Å². The minimum atomic E-state index is 0.771. The highest BCUT2D eigenvalue weighted by Crippen LogP contribution is 2.28. The molecule has 0 saturated heterocycles. The number of ether oxygens (including phenoxy) is 2. The molecular weight excluding hydrogens is 226 g/mol. The molecule has 3 heteroatoms. The summed E-state index contributed by atoms with van der Waals surface area (Å²) in [7, 11) is 1.70. The Morgan fingerprint density at radius 3 is 2.50 bits per heavy atom. The predicted molar refractivity (Wildman–Crippen MR) is 72.9 cm³/mol. The fraction of sp³-hybridized carbons (Fsp3) is 0.600. The lowest BCUT2D eigenvalue weighted by atomic mass is 10.2. The molecule has 0 amide bonds. The molecular formula is C15H23NO2. The van der Waals surface area contributed by atoms with Crippen LogP contribution in [0.1, 0.15) is 25.3 Å². The normalized spacial score (nSPS) is 15.1. The van der Waals surface area contributed by atoms with Crippen LogP contribution < -0.4 is 4.74 Å². The Morgan fingerprint density at radius 1 is 1.22 bits per heavy atom. The van der Waals surface area contributed by atoms with Crippen molar-refractivity contribution in [1.82, 2.24) is 4.90 Å². The van der Waals surface area contributed by atoms with Crippen molar-refractivity contribution < 1.29 is 9.47 Å². The molecule has 0 unspecified atom stereocenters. The summed E-state index contributed by atoms with van der Waals surface area (Å²) in [5.41, 5.74) is 1.35. The molecule has 3 nitrogen and oxygen atoms in total. The Balaban J connectivity index is 1.86. The van der Waals surface area contributed by atoms with E-state index in [1.807, 2.05) is 19.1 Å². The first-order chi connectivity index (χ1) is 8.83. The van der Waals surface area contributed by atoms with E-state index in [1.54, 1.807) is 7.11 Å². The summed E-state index contributed by atoms with van der Waals surface area (Å²) in [5.74, 6) is 0.922. The molecule has 1 aliphatic carbocycles. The molecule has 0 N–H and O–H groups in total. The summed E-state index contributed by atoms with van der Waals surface area (Å²) in [6.45, 7) is 5.74. The van der Waals surface area contributed by atoms with Crippen LogP contribution in [0.3, 0.4) is 0 Å². The molecule has 0 aromatic heterocycles. The van der Waals surface area contributed by atoms with Crippen LogP contribution in [-0.4, -0.2) is 37.8 Å². The van der Waals surface area contributed by atoms with Gasteiger partial charge in [0.05, 0.1) is 13.7 Å². The highest BCUT2D eigenvalue weighted by atomic mass is 16.5. The first-order valence-electron chi connectivity index (χ1n) is 6.78. The van der Waals surface area contributed by atoms with E-state index in [0.29, 0.717) is 0 Å². The predicted octanol–water partition coefficient (Wildman–Crippen LogP) is 2.70. The van der Waals surface area contributed by atoms with Crippen LogP contribution in [0.15, 0.2) is 24.3 Å². The Morgan fingerprint density at radius 2 is 1.94 bits per heavy atom. The van der Waals surface area contributed by atoms with E-state index >= 15 is 0 Å². The van der Waals surface area contributed by atoms with Crippen LogP contribution in [-0.2, 0) is 11.3 Å². The standard InChI is InChI=1S/C15H23NO2/c1-3-18-11-10-16(14-6-7-14)12-13-4-8-15(17-2)9-5-13/h4-5,8-9,14H,3,6-7,10-12H2,1-2H3. The highest BCUT2D eigenvalue weighted by molar-refractivity contribution is 5.27. The molecule has 1 saturated carbocycles. The molecule has 0 radical (unpaired) electrons. The van der Waals surface area contributed by atoms with Gasteiger partial charge in [0.15, 0.2) is 0 Å². The number of rotatable bonds is 8. The molecule has 0 heterocycles.